The number of esters is 1. The van der Waals surface area contributed by atoms with Gasteiger partial charge in [-0.2, -0.15) is 0 Å². The van der Waals surface area contributed by atoms with Gasteiger partial charge >= 0.3 is 5.97 Å². The number of nitrogens with zero attached hydrogens (tertiary/aromatic N) is 1. The number of aliphatic hydroxyl groups excluding tert-OH is 2. The lowest BCUT2D eigenvalue weighted by Gasteiger charge is -2.28. The van der Waals surface area contributed by atoms with E-state index in [4.69, 9.17) is 18.5 Å². The predicted molar refractivity (Wildman–Crippen MR) is 233 cm³/mol. The highest BCUT2D eigenvalue weighted by Gasteiger charge is 2.20. The number of likely N-dealkylation sites (N-methyl/N-ethyl adjacent to an activating group) is 1. The van der Waals surface area contributed by atoms with Gasteiger partial charge in [0.2, 0.25) is 0 Å². The van der Waals surface area contributed by atoms with Crippen molar-refractivity contribution in [1.82, 2.24) is 0 Å². The number of hydrogen-bond donors (Lipinski definition) is 2. The predicted octanol–water partition coefficient (Wildman–Crippen LogP) is 10.6. The minimum Gasteiger partial charge on any atom is -0.756 e. The molecule has 0 bridgehead atoms. The highest BCUT2D eigenvalue weighted by molar-refractivity contribution is 7.45. The smallest absolute Gasteiger partial charge is 0.306 e. The van der Waals surface area contributed by atoms with E-state index in [1.54, 1.807) is 42.7 Å². The fourth-order valence-corrected chi connectivity index (χ4v) is 6.49. The van der Waals surface area contributed by atoms with Crippen molar-refractivity contribution in [2.75, 3.05) is 47.5 Å². The molecule has 0 spiro atoms. The monoisotopic (exact) mass is 826 g/mol. The van der Waals surface area contributed by atoms with Crippen molar-refractivity contribution in [1.29, 1.82) is 0 Å². The lowest BCUT2D eigenvalue weighted by molar-refractivity contribution is -0.870. The van der Waals surface area contributed by atoms with Gasteiger partial charge in [0.1, 0.15) is 19.8 Å². The van der Waals surface area contributed by atoms with Crippen molar-refractivity contribution in [2.24, 2.45) is 0 Å². The first-order chi connectivity index (χ1) is 27.4. The van der Waals surface area contributed by atoms with Gasteiger partial charge in [-0.05, 0) is 51.0 Å². The first-order valence-corrected chi connectivity index (χ1v) is 23.7. The van der Waals surface area contributed by atoms with Crippen LogP contribution in [0.5, 0.6) is 0 Å². The molecule has 1 unspecified atom stereocenters. The van der Waals surface area contributed by atoms with Crippen LogP contribution in [0.4, 0.5) is 0 Å². The van der Waals surface area contributed by atoms with Crippen LogP contribution in [0.2, 0.25) is 0 Å². The van der Waals surface area contributed by atoms with Crippen LogP contribution in [0.3, 0.4) is 0 Å². The third-order valence-corrected chi connectivity index (χ3v) is 10.3. The molecule has 332 valence electrons. The minimum atomic E-state index is -4.61. The van der Waals surface area contributed by atoms with E-state index in [1.165, 1.54) is 103 Å². The Hall–Kier alpha value is -2.04. The SMILES string of the molecule is CCCCC/C=C\C[C@H](O)/C=C/C=C/C=C\[C@H](O)CCCC(=O)O[C@H](CO/C=C/CCCCCCCCCCCCCCCC)COP(=O)([O-])OCC[N+](C)(C)C. The molecule has 0 saturated carbocycles. The van der Waals surface area contributed by atoms with Crippen LogP contribution in [0.1, 0.15) is 162 Å². The summed E-state index contributed by atoms with van der Waals surface area (Å²) in [6.07, 6.45) is 41.0. The Kier molecular flexibility index (Phi) is 36.8. The molecule has 4 atom stereocenters. The highest BCUT2D eigenvalue weighted by Crippen LogP contribution is 2.38. The molecule has 11 heteroatoms. The Bertz CT molecular complexity index is 1130. The summed E-state index contributed by atoms with van der Waals surface area (Å²) in [5, 5.41) is 20.4. The number of carbonyl (C=O) groups is 1. The van der Waals surface area contributed by atoms with Gasteiger partial charge in [0, 0.05) is 6.42 Å². The lowest BCUT2D eigenvalue weighted by Crippen LogP contribution is -2.37. The number of phosphoric ester groups is 1. The molecule has 0 saturated heterocycles. The maximum Gasteiger partial charge on any atom is 0.306 e. The molecule has 0 fully saturated rings. The van der Waals surface area contributed by atoms with Gasteiger partial charge in [0.05, 0.1) is 46.2 Å². The van der Waals surface area contributed by atoms with E-state index >= 15 is 0 Å². The summed E-state index contributed by atoms with van der Waals surface area (Å²) in [6, 6.07) is 0. The second-order valence-corrected chi connectivity index (χ2v) is 17.6. The average Bonchev–Trinajstić information content (AvgIpc) is 3.15. The van der Waals surface area contributed by atoms with Crippen LogP contribution in [0.25, 0.3) is 0 Å². The molecule has 10 nitrogen and oxygen atoms in total. The zero-order valence-electron chi connectivity index (χ0n) is 36.7. The van der Waals surface area contributed by atoms with Crippen molar-refractivity contribution in [3.63, 3.8) is 0 Å². The van der Waals surface area contributed by atoms with Gasteiger partial charge in [-0.25, -0.2) is 0 Å². The van der Waals surface area contributed by atoms with Crippen LogP contribution in [0, 0.1) is 0 Å². The topological polar surface area (TPSA) is 135 Å². The van der Waals surface area contributed by atoms with Gasteiger partial charge < -0.3 is 38.1 Å². The summed E-state index contributed by atoms with van der Waals surface area (Å²) in [5.74, 6) is -0.541. The quantitative estimate of drug-likeness (QED) is 0.0118. The summed E-state index contributed by atoms with van der Waals surface area (Å²) >= 11 is 0. The summed E-state index contributed by atoms with van der Waals surface area (Å²) < 4.78 is 34.1. The number of allylic oxidation sites excluding steroid dienone is 6. The molecule has 0 aromatic heterocycles. The van der Waals surface area contributed by atoms with E-state index in [9.17, 15) is 24.5 Å². The highest BCUT2D eigenvalue weighted by atomic mass is 31.2. The zero-order chi connectivity index (χ0) is 42.3. The standard InChI is InChI=1S/C46H84NO9P/c1-6-8-10-12-14-15-16-17-18-19-20-21-22-23-27-31-39-53-41-45(42-55-57(51,52)54-40-38-47(3,4)5)56-46(50)37-32-36-44(49)35-30-26-25-29-34-43(48)33-28-24-13-11-9-7-2/h24-26,28-31,34-35,39,43-45,48-49H,6-23,27,32-33,36-38,40-42H2,1-5H3/b26-25+,28-24-,34-29+,35-30-,39-31+/t43-,44-,45+/m0/s1. The second-order valence-electron chi connectivity index (χ2n) is 16.2. The van der Waals surface area contributed by atoms with Crippen LogP contribution >= 0.6 is 7.82 Å². The first kappa shape index (κ1) is 55.0. The average molecular weight is 826 g/mol. The van der Waals surface area contributed by atoms with E-state index in [0.717, 1.165) is 19.3 Å². The van der Waals surface area contributed by atoms with Gasteiger partial charge in [0.15, 0.2) is 6.10 Å². The summed E-state index contributed by atoms with van der Waals surface area (Å²) in [5.41, 5.74) is 0. The number of phosphoric acid groups is 1. The molecule has 0 heterocycles. The molecule has 2 N–H and O–H groups in total. The second kappa shape index (κ2) is 38.2. The van der Waals surface area contributed by atoms with E-state index in [1.807, 2.05) is 33.3 Å². The third kappa shape index (κ3) is 41.9. The Labute approximate surface area is 348 Å². The number of carbonyl (C=O) groups excluding carboxylic acids is 1. The van der Waals surface area contributed by atoms with E-state index in [2.05, 4.69) is 19.9 Å². The van der Waals surface area contributed by atoms with E-state index in [-0.39, 0.29) is 19.6 Å². The van der Waals surface area contributed by atoms with Gasteiger partial charge in [0.25, 0.3) is 7.82 Å². The van der Waals surface area contributed by atoms with Gasteiger partial charge in [-0.15, -0.1) is 0 Å². The Balaban J connectivity index is 4.56. The summed E-state index contributed by atoms with van der Waals surface area (Å²) in [6.45, 7) is 4.38. The molecule has 0 rings (SSSR count). The number of unbranched alkanes of at least 4 members (excludes halogenated alkanes) is 17. The summed E-state index contributed by atoms with van der Waals surface area (Å²) in [7, 11) is 1.16. The van der Waals surface area contributed by atoms with Crippen molar-refractivity contribution >= 4 is 13.8 Å². The fourth-order valence-electron chi connectivity index (χ4n) is 5.76. The van der Waals surface area contributed by atoms with Crippen molar-refractivity contribution in [3.05, 3.63) is 60.9 Å². The molecule has 57 heavy (non-hydrogen) atoms. The molecule has 0 aliphatic heterocycles. The number of aliphatic hydroxyl groups is 2. The normalized spacial score (nSPS) is 15.4. The zero-order valence-corrected chi connectivity index (χ0v) is 37.6. The maximum absolute atomic E-state index is 12.7. The Morgan fingerprint density at radius 3 is 1.79 bits per heavy atom. The van der Waals surface area contributed by atoms with Crippen molar-refractivity contribution in [3.8, 4) is 0 Å². The Morgan fingerprint density at radius 1 is 0.667 bits per heavy atom. The third-order valence-electron chi connectivity index (χ3n) is 9.33. The molecule has 0 radical (unpaired) electrons. The largest absolute Gasteiger partial charge is 0.756 e. The first-order valence-electron chi connectivity index (χ1n) is 22.3. The molecule has 0 aliphatic carbocycles. The number of quaternary nitrogens is 1. The van der Waals surface area contributed by atoms with E-state index in [0.29, 0.717) is 30.3 Å². The van der Waals surface area contributed by atoms with Crippen molar-refractivity contribution in [2.45, 2.75) is 180 Å². The molecule has 0 aromatic rings. The lowest BCUT2D eigenvalue weighted by atomic mass is 10.0. The fraction of sp³-hybridized carbons (Fsp3) is 0.761. The number of ether oxygens (including phenoxy) is 2. The number of hydrogen-bond acceptors (Lipinski definition) is 9. The van der Waals surface area contributed by atoms with Crippen LogP contribution in [-0.4, -0.2) is 86.5 Å². The van der Waals surface area contributed by atoms with E-state index < -0.39 is 38.7 Å². The van der Waals surface area contributed by atoms with Crippen molar-refractivity contribution < 1.29 is 47.5 Å². The molecule has 0 amide bonds. The number of rotatable bonds is 40. The molecular formula is C46H84NO9P. The molecule has 0 aliphatic rings. The van der Waals surface area contributed by atoms with Gasteiger partial charge in [-0.1, -0.05) is 159 Å². The van der Waals surface area contributed by atoms with Gasteiger partial charge in [-0.3, -0.25) is 9.36 Å². The molecular weight excluding hydrogens is 741 g/mol. The van der Waals surface area contributed by atoms with Crippen LogP contribution in [-0.2, 0) is 27.9 Å². The Morgan fingerprint density at radius 2 is 1.19 bits per heavy atom. The van der Waals surface area contributed by atoms with Crippen LogP contribution < -0.4 is 4.89 Å². The van der Waals surface area contributed by atoms with Crippen LogP contribution in [0.15, 0.2) is 60.9 Å². The minimum absolute atomic E-state index is 0.0310. The maximum atomic E-state index is 12.7. The summed E-state index contributed by atoms with van der Waals surface area (Å²) in [4.78, 5) is 25.0. The molecule has 0 aromatic carbocycles.